The maximum absolute atomic E-state index is 11.0. The van der Waals surface area contributed by atoms with Crippen LogP contribution in [-0.4, -0.2) is 24.5 Å². The molecule has 0 aliphatic heterocycles. The summed E-state index contributed by atoms with van der Waals surface area (Å²) in [5, 5.41) is 2.42. The highest BCUT2D eigenvalue weighted by Gasteiger charge is 2.13. The second kappa shape index (κ2) is 5.57. The van der Waals surface area contributed by atoms with Crippen LogP contribution < -0.4 is 5.32 Å². The molecular formula is C8H15NO3. The fraction of sp³-hybridized carbons (Fsp3) is 0.750. The van der Waals surface area contributed by atoms with Crippen molar-refractivity contribution in [3.8, 4) is 0 Å². The first kappa shape index (κ1) is 10.9. The molecule has 0 fully saturated rings. The van der Waals surface area contributed by atoms with E-state index in [2.05, 4.69) is 10.1 Å². The Morgan fingerprint density at radius 1 is 1.42 bits per heavy atom. The van der Waals surface area contributed by atoms with Crippen LogP contribution >= 0.6 is 0 Å². The van der Waals surface area contributed by atoms with Gasteiger partial charge >= 0.3 is 6.09 Å². The van der Waals surface area contributed by atoms with Crippen molar-refractivity contribution in [2.24, 2.45) is 0 Å². The van der Waals surface area contributed by atoms with Gasteiger partial charge in [-0.15, -0.1) is 0 Å². The summed E-state index contributed by atoms with van der Waals surface area (Å²) in [6, 6.07) is -0.450. The van der Waals surface area contributed by atoms with Crippen LogP contribution in [0.1, 0.15) is 27.2 Å². The van der Waals surface area contributed by atoms with Crippen molar-refractivity contribution in [1.29, 1.82) is 0 Å². The number of carbonyl (C=O) groups is 2. The third-order valence-electron chi connectivity index (χ3n) is 1.44. The van der Waals surface area contributed by atoms with E-state index in [4.69, 9.17) is 0 Å². The fourth-order valence-corrected chi connectivity index (χ4v) is 0.736. The van der Waals surface area contributed by atoms with E-state index in [0.717, 1.165) is 0 Å². The van der Waals surface area contributed by atoms with Crippen LogP contribution in [0.2, 0.25) is 0 Å². The number of amides is 1. The van der Waals surface area contributed by atoms with Gasteiger partial charge in [-0.05, 0) is 13.8 Å². The highest BCUT2D eigenvalue weighted by Crippen LogP contribution is 1.90. The molecule has 0 aliphatic carbocycles. The standard InChI is InChI=1S/C8H15NO3/c1-4-7(10)6(3)9-8(11)12-5-2/h6H,4-5H2,1-3H3,(H,9,11)/t6-/m0/s1. The first-order chi connectivity index (χ1) is 5.61. The van der Waals surface area contributed by atoms with Crippen molar-refractivity contribution >= 4 is 11.9 Å². The van der Waals surface area contributed by atoms with E-state index >= 15 is 0 Å². The number of hydrogen-bond acceptors (Lipinski definition) is 3. The summed E-state index contributed by atoms with van der Waals surface area (Å²) in [6.07, 6.45) is -0.111. The van der Waals surface area contributed by atoms with E-state index < -0.39 is 12.1 Å². The molecule has 1 amide bonds. The molecule has 0 heterocycles. The smallest absolute Gasteiger partial charge is 0.407 e. The van der Waals surface area contributed by atoms with E-state index in [0.29, 0.717) is 13.0 Å². The Morgan fingerprint density at radius 3 is 2.42 bits per heavy atom. The zero-order valence-electron chi connectivity index (χ0n) is 7.72. The van der Waals surface area contributed by atoms with Gasteiger partial charge in [0.2, 0.25) is 0 Å². The third kappa shape index (κ3) is 3.95. The maximum Gasteiger partial charge on any atom is 0.407 e. The monoisotopic (exact) mass is 173 g/mol. The van der Waals surface area contributed by atoms with Crippen molar-refractivity contribution in [2.75, 3.05) is 6.61 Å². The van der Waals surface area contributed by atoms with Crippen molar-refractivity contribution in [2.45, 2.75) is 33.2 Å². The zero-order valence-corrected chi connectivity index (χ0v) is 7.72. The van der Waals surface area contributed by atoms with E-state index in [1.165, 1.54) is 0 Å². The molecule has 0 aliphatic rings. The van der Waals surface area contributed by atoms with Crippen molar-refractivity contribution in [3.05, 3.63) is 0 Å². The molecule has 12 heavy (non-hydrogen) atoms. The van der Waals surface area contributed by atoms with E-state index in [1.807, 2.05) is 0 Å². The molecule has 0 spiro atoms. The Bertz CT molecular complexity index is 168. The summed E-state index contributed by atoms with van der Waals surface area (Å²) in [7, 11) is 0. The molecule has 70 valence electrons. The van der Waals surface area contributed by atoms with Gasteiger partial charge in [-0.2, -0.15) is 0 Å². The lowest BCUT2D eigenvalue weighted by atomic mass is 10.2. The minimum absolute atomic E-state index is 0.00283. The average molecular weight is 173 g/mol. The quantitative estimate of drug-likeness (QED) is 0.692. The van der Waals surface area contributed by atoms with Gasteiger partial charge in [-0.3, -0.25) is 4.79 Å². The second-order valence-corrected chi connectivity index (χ2v) is 2.41. The highest BCUT2D eigenvalue weighted by molar-refractivity contribution is 5.86. The first-order valence-corrected chi connectivity index (χ1v) is 4.07. The van der Waals surface area contributed by atoms with Crippen LogP contribution in [0, 0.1) is 0 Å². The minimum atomic E-state index is -0.535. The summed E-state index contributed by atoms with van der Waals surface area (Å²) < 4.78 is 4.60. The molecule has 0 saturated carbocycles. The molecule has 0 aromatic heterocycles. The molecule has 1 N–H and O–H groups in total. The largest absolute Gasteiger partial charge is 0.450 e. The lowest BCUT2D eigenvalue weighted by Gasteiger charge is -2.10. The maximum atomic E-state index is 11.0. The van der Waals surface area contributed by atoms with Gasteiger partial charge in [0.1, 0.15) is 0 Å². The summed E-state index contributed by atoms with van der Waals surface area (Å²) in [4.78, 5) is 21.8. The molecule has 0 radical (unpaired) electrons. The Morgan fingerprint density at radius 2 is 2.00 bits per heavy atom. The average Bonchev–Trinajstić information content (AvgIpc) is 2.03. The van der Waals surface area contributed by atoms with Gasteiger partial charge in [-0.25, -0.2) is 4.79 Å². The number of ketones is 1. The Hall–Kier alpha value is -1.06. The molecular weight excluding hydrogens is 158 g/mol. The molecule has 0 aromatic carbocycles. The molecule has 4 nitrogen and oxygen atoms in total. The number of rotatable bonds is 4. The number of ether oxygens (including phenoxy) is 1. The lowest BCUT2D eigenvalue weighted by molar-refractivity contribution is -0.120. The molecule has 0 bridgehead atoms. The predicted molar refractivity (Wildman–Crippen MR) is 44.9 cm³/mol. The number of nitrogens with one attached hydrogen (secondary N) is 1. The van der Waals surface area contributed by atoms with Gasteiger partial charge < -0.3 is 10.1 Å². The normalized spacial score (nSPS) is 11.9. The van der Waals surface area contributed by atoms with Crippen molar-refractivity contribution in [1.82, 2.24) is 5.32 Å². The van der Waals surface area contributed by atoms with E-state index in [-0.39, 0.29) is 5.78 Å². The van der Waals surface area contributed by atoms with E-state index in [1.54, 1.807) is 20.8 Å². The van der Waals surface area contributed by atoms with Gasteiger partial charge in [-0.1, -0.05) is 6.92 Å². The molecule has 1 atom stereocenters. The number of alkyl carbamates (subject to hydrolysis) is 1. The molecule has 4 heteroatoms. The van der Waals surface area contributed by atoms with Crippen LogP contribution in [0.3, 0.4) is 0 Å². The number of carbonyl (C=O) groups excluding carboxylic acids is 2. The van der Waals surface area contributed by atoms with Crippen molar-refractivity contribution < 1.29 is 14.3 Å². The Balaban J connectivity index is 3.75. The SMILES string of the molecule is CCOC(=O)N[C@@H](C)C(=O)CC. The van der Waals surface area contributed by atoms with Crippen LogP contribution in [0.5, 0.6) is 0 Å². The molecule has 0 saturated heterocycles. The van der Waals surface area contributed by atoms with Gasteiger partial charge in [0.15, 0.2) is 5.78 Å². The minimum Gasteiger partial charge on any atom is -0.450 e. The second-order valence-electron chi connectivity index (χ2n) is 2.41. The third-order valence-corrected chi connectivity index (χ3v) is 1.44. The summed E-state index contributed by atoms with van der Waals surface area (Å²) in [5.74, 6) is 0.00283. The van der Waals surface area contributed by atoms with E-state index in [9.17, 15) is 9.59 Å². The highest BCUT2D eigenvalue weighted by atomic mass is 16.5. The molecule has 0 aromatic rings. The Kier molecular flexibility index (Phi) is 5.08. The van der Waals surface area contributed by atoms with Crippen LogP contribution in [0.4, 0.5) is 4.79 Å². The fourth-order valence-electron chi connectivity index (χ4n) is 0.736. The van der Waals surface area contributed by atoms with Gasteiger partial charge in [0.25, 0.3) is 0 Å². The van der Waals surface area contributed by atoms with Crippen LogP contribution in [-0.2, 0) is 9.53 Å². The predicted octanol–water partition coefficient (Wildman–Crippen LogP) is 1.10. The Labute approximate surface area is 72.3 Å². The zero-order chi connectivity index (χ0) is 9.56. The first-order valence-electron chi connectivity index (χ1n) is 4.07. The van der Waals surface area contributed by atoms with Crippen molar-refractivity contribution in [3.63, 3.8) is 0 Å². The topological polar surface area (TPSA) is 55.4 Å². The summed E-state index contributed by atoms with van der Waals surface area (Å²) in [5.41, 5.74) is 0. The van der Waals surface area contributed by atoms with Crippen LogP contribution in [0.25, 0.3) is 0 Å². The van der Waals surface area contributed by atoms with Crippen LogP contribution in [0.15, 0.2) is 0 Å². The summed E-state index contributed by atoms with van der Waals surface area (Å²) in [6.45, 7) is 5.43. The molecule has 0 rings (SSSR count). The lowest BCUT2D eigenvalue weighted by Crippen LogP contribution is -2.38. The molecule has 0 unspecified atom stereocenters. The summed E-state index contributed by atoms with van der Waals surface area (Å²) >= 11 is 0. The van der Waals surface area contributed by atoms with Gasteiger partial charge in [0, 0.05) is 6.42 Å². The number of Topliss-reactive ketones (excluding diaryl/α,β-unsaturated/α-hetero) is 1. The van der Waals surface area contributed by atoms with Gasteiger partial charge in [0.05, 0.1) is 12.6 Å². The number of hydrogen-bond donors (Lipinski definition) is 1.